The molecule has 16 bridgehead atoms. The molecule has 0 amide bonds. The molecule has 9 aromatic heterocycles. The van der Waals surface area contributed by atoms with Crippen molar-refractivity contribution >= 4 is 183 Å². The van der Waals surface area contributed by atoms with E-state index in [1.807, 2.05) is 48.5 Å². The van der Waals surface area contributed by atoms with E-state index in [2.05, 4.69) is 296 Å². The number of alkyl halides is 12. The third-order valence-electron chi connectivity index (χ3n) is 17.8. The summed E-state index contributed by atoms with van der Waals surface area (Å²) in [4.78, 5) is 41.0. The molecule has 560 valence electrons. The van der Waals surface area contributed by atoms with Crippen molar-refractivity contribution in [1.82, 2.24) is 39.9 Å². The molecule has 0 fully saturated rings. The van der Waals surface area contributed by atoms with Crippen molar-refractivity contribution in [2.45, 2.75) is 17.2 Å². The SMILES string of the molecule is ClC(Cl)Cl.ClC(Cl)Cl.ClC(Cl)Cl.ClC(Cl)Cl.[Sm].c1ccc(-c2c3ccc([n-]3)[c+](-c3ccccc3)c3ccc([n-]3)[c+](-c3ccccc3)c3ccc([n-]3)c(-c3ccccc3)c3ccc2[nH]3)cc1.c1ccc([C+]2c3ccc([n-]3)[C+](c3ccccc3)c3ccc([n-]3)[C+](c3ccccc3)c3ccc([n-]3)[C+](c3ccccc3)c3ccc2[n-]3)cc1. The second-order valence-corrected chi connectivity index (χ2v) is 32.6. The van der Waals surface area contributed by atoms with Crippen LogP contribution in [-0.2, 0) is 0 Å². The number of H-pyrrole nitrogens is 1. The number of benzene rings is 8. The van der Waals surface area contributed by atoms with Gasteiger partial charge in [-0.15, -0.1) is 11.0 Å². The zero-order chi connectivity index (χ0) is 78.0. The molecule has 0 spiro atoms. The van der Waals surface area contributed by atoms with Crippen molar-refractivity contribution in [3.63, 3.8) is 0 Å². The van der Waals surface area contributed by atoms with Gasteiger partial charge in [-0.1, -0.05) is 211 Å². The quantitative estimate of drug-likeness (QED) is 0.119. The first-order chi connectivity index (χ1) is 54.5. The van der Waals surface area contributed by atoms with Crippen LogP contribution in [0.25, 0.3) is 88.6 Å². The van der Waals surface area contributed by atoms with Gasteiger partial charge in [0.05, 0.1) is 33.4 Å². The Balaban J connectivity index is 0.000000175. The molecule has 8 nitrogen and oxygen atoms in total. The Morgan fingerprint density at radius 2 is 0.398 bits per heavy atom. The molecule has 0 saturated heterocycles. The van der Waals surface area contributed by atoms with E-state index >= 15 is 0 Å². The summed E-state index contributed by atoms with van der Waals surface area (Å²) in [5.74, 6) is 3.91. The predicted molar refractivity (Wildman–Crippen MR) is 471 cm³/mol. The van der Waals surface area contributed by atoms with Crippen molar-refractivity contribution in [2.24, 2.45) is 0 Å². The van der Waals surface area contributed by atoms with Crippen molar-refractivity contribution in [3.05, 3.63) is 431 Å². The van der Waals surface area contributed by atoms with Gasteiger partial charge in [-0.3, -0.25) is 0 Å². The topological polar surface area (TPSA) is 114 Å². The zero-order valence-corrected chi connectivity index (χ0v) is 70.9. The maximum atomic E-state index is 5.33. The number of rotatable bonds is 8. The minimum atomic E-state index is -0.750. The molecule has 21 heteroatoms. The smallest absolute Gasteiger partial charge is 0.180 e. The van der Waals surface area contributed by atoms with Crippen molar-refractivity contribution in [1.29, 1.82) is 0 Å². The molecular weight excluding hydrogens is 1790 g/mol. The van der Waals surface area contributed by atoms with Crippen LogP contribution >= 0.6 is 139 Å². The van der Waals surface area contributed by atoms with Crippen molar-refractivity contribution in [2.75, 3.05) is 0 Å². The number of fused-ring (bicyclic) bond motifs is 16. The maximum absolute atomic E-state index is 5.33. The van der Waals surface area contributed by atoms with Gasteiger partial charge in [0.1, 0.15) is 0 Å². The average molecular weight is 1850 g/mol. The summed E-state index contributed by atoms with van der Waals surface area (Å²) in [6.45, 7) is 0. The van der Waals surface area contributed by atoms with Gasteiger partial charge in [-0.25, -0.2) is 0 Å². The Hall–Kier alpha value is -8.22. The van der Waals surface area contributed by atoms with E-state index in [9.17, 15) is 0 Å². The van der Waals surface area contributed by atoms with Crippen molar-refractivity contribution < 1.29 is 40.4 Å². The van der Waals surface area contributed by atoms with Crippen molar-refractivity contribution in [3.8, 4) is 44.5 Å². The summed E-state index contributed by atoms with van der Waals surface area (Å²) in [5, 5.41) is 0. The van der Waals surface area contributed by atoms with Gasteiger partial charge in [0.25, 0.3) is 0 Å². The summed E-state index contributed by atoms with van der Waals surface area (Å²) >= 11 is 57.7. The normalized spacial score (nSPS) is 11.5. The minimum absolute atomic E-state index is 0. The third-order valence-corrected chi connectivity index (χ3v) is 17.8. The van der Waals surface area contributed by atoms with E-state index in [0.29, 0.717) is 0 Å². The minimum Gasteiger partial charge on any atom is -0.642 e. The van der Waals surface area contributed by atoms with Crippen LogP contribution in [0.3, 0.4) is 0 Å². The number of hydrogen-bond acceptors (Lipinski definition) is 0. The van der Waals surface area contributed by atoms with E-state index in [1.165, 1.54) is 0 Å². The molecule has 1 N–H and O–H groups in total. The van der Waals surface area contributed by atoms with Gasteiger partial charge in [-0.2, -0.15) is 0 Å². The van der Waals surface area contributed by atoms with Gasteiger partial charge < -0.3 is 39.9 Å². The number of nitrogens with one attached hydrogen (secondary N) is 1. The monoisotopic (exact) mass is 1850 g/mol. The van der Waals surface area contributed by atoms with E-state index in [4.69, 9.17) is 174 Å². The Bertz CT molecular complexity index is 4980. The van der Waals surface area contributed by atoms with Crippen LogP contribution in [0, 0.1) is 64.1 Å². The fraction of sp³-hybridized carbons (Fsp3) is 0.0435. The predicted octanol–water partition coefficient (Wildman–Crippen LogP) is 26.7. The van der Waals surface area contributed by atoms with E-state index in [-0.39, 0.29) is 40.4 Å². The summed E-state index contributed by atoms with van der Waals surface area (Å²) in [5.41, 5.74) is 26.7. The standard InChI is InChI=1S/C44H29N4.C44H28N4.4CHCl3.Sm/c2*1-5-13-29(14-6-1)41-33-21-23-35(45-33)42(30-15-7-2-8-16-30)37-25-27-39(47-37)44(32-19-11-4-12-20-32)40-28-26-38(48-40)43(31-17-9-3-10-18-31)36-24-22-34(41)46-36;4*2-1(3)4;/h1-28,45H;1-28H;4*1H;/q-1;;;;;;. The second-order valence-electron chi connectivity index (χ2n) is 24.7. The summed E-state index contributed by atoms with van der Waals surface area (Å²) in [6.07, 6.45) is 0. The molecule has 1 aliphatic rings. The zero-order valence-electron chi connectivity index (χ0n) is 59.2. The molecular formula is C92H61Cl12N8Sm-. The summed E-state index contributed by atoms with van der Waals surface area (Å²) in [6, 6.07) is 117. The van der Waals surface area contributed by atoms with E-state index in [0.717, 1.165) is 180 Å². The van der Waals surface area contributed by atoms with Gasteiger partial charge in [0, 0.05) is 220 Å². The molecule has 0 atom stereocenters. The van der Waals surface area contributed by atoms with E-state index in [1.54, 1.807) is 0 Å². The number of hydrogen-bond donors (Lipinski definition) is 1. The molecule has 0 radical (unpaired) electrons. The molecule has 0 saturated carbocycles. The molecule has 1 aliphatic heterocycles. The Morgan fingerprint density at radius 3 is 0.628 bits per heavy atom. The van der Waals surface area contributed by atoms with Crippen LogP contribution in [0.2, 0.25) is 0 Å². The number of nitrogens with zero attached hydrogens (tertiary/aromatic N) is 7. The molecule has 18 rings (SSSR count). The van der Waals surface area contributed by atoms with Gasteiger partial charge in [0.2, 0.25) is 0 Å². The second kappa shape index (κ2) is 40.9. The van der Waals surface area contributed by atoms with Crippen LogP contribution in [0.5, 0.6) is 0 Å². The van der Waals surface area contributed by atoms with Crippen LogP contribution in [0.4, 0.5) is 0 Å². The first kappa shape index (κ1) is 84.2. The third kappa shape index (κ3) is 21.5. The molecule has 0 unspecified atom stereocenters. The van der Waals surface area contributed by atoms with Crippen LogP contribution in [-0.4, -0.2) is 22.2 Å². The molecule has 113 heavy (non-hydrogen) atoms. The first-order valence-electron chi connectivity index (χ1n) is 34.8. The van der Waals surface area contributed by atoms with Gasteiger partial charge >= 0.3 is 0 Å². The Kier molecular flexibility index (Phi) is 30.4. The molecule has 17 aromatic rings. The number of halogens is 12. The fourth-order valence-electron chi connectivity index (χ4n) is 13.5. The van der Waals surface area contributed by atoms with Gasteiger partial charge in [-0.05, 0) is 224 Å². The van der Waals surface area contributed by atoms with Crippen LogP contribution in [0.15, 0.2) is 340 Å². The molecule has 10 heterocycles. The largest absolute Gasteiger partial charge is 0.642 e. The average Bonchev–Trinajstić information content (AvgIpc) is 1.62. The molecule has 0 aliphatic carbocycles. The first-order valence-corrected chi connectivity index (χ1v) is 40.1. The van der Waals surface area contributed by atoms with Crippen LogP contribution < -0.4 is 34.9 Å². The fourth-order valence-corrected chi connectivity index (χ4v) is 13.5. The number of aromatic nitrogens is 8. The Morgan fingerprint density at radius 1 is 0.204 bits per heavy atom. The van der Waals surface area contributed by atoms with E-state index < -0.39 is 17.2 Å². The summed E-state index contributed by atoms with van der Waals surface area (Å²) < 4.78 is -3.00. The van der Waals surface area contributed by atoms with Crippen LogP contribution in [0.1, 0.15) is 67.8 Å². The maximum Gasteiger partial charge on any atom is 0.180 e. The summed E-state index contributed by atoms with van der Waals surface area (Å²) in [7, 11) is 0. The Labute approximate surface area is 748 Å². The number of aromatic amines is 1. The molecule has 8 aromatic carbocycles. The van der Waals surface area contributed by atoms with Gasteiger partial charge in [0.15, 0.2) is 17.2 Å².